The minimum Gasteiger partial charge on any atom is -0.314 e. The van der Waals surface area contributed by atoms with Crippen LogP contribution < -0.4 is 4.90 Å². The molecule has 0 bridgehead atoms. The zero-order chi connectivity index (χ0) is 15.2. The van der Waals surface area contributed by atoms with Crippen LogP contribution in [-0.4, -0.2) is 37.5 Å². The molecule has 1 aromatic rings. The Morgan fingerprint density at radius 3 is 2.48 bits per heavy atom. The maximum atomic E-state index is 12.5. The van der Waals surface area contributed by atoms with Gasteiger partial charge in [-0.3, -0.25) is 9.69 Å². The van der Waals surface area contributed by atoms with E-state index in [-0.39, 0.29) is 5.91 Å². The molecule has 116 valence electrons. The number of para-hydroxylation sites is 1. The molecular formula is C18H28N2O. The molecule has 3 nitrogen and oxygen atoms in total. The summed E-state index contributed by atoms with van der Waals surface area (Å²) >= 11 is 0. The Hall–Kier alpha value is -1.35. The van der Waals surface area contributed by atoms with Gasteiger partial charge < -0.3 is 4.90 Å². The van der Waals surface area contributed by atoms with E-state index >= 15 is 0 Å². The molecular weight excluding hydrogens is 260 g/mol. The second-order valence-electron chi connectivity index (χ2n) is 6.14. The fourth-order valence-corrected chi connectivity index (χ4v) is 3.24. The number of amides is 1. The molecule has 3 heteroatoms. The molecule has 0 saturated heterocycles. The Bertz CT molecular complexity index is 466. The van der Waals surface area contributed by atoms with Crippen molar-refractivity contribution in [2.45, 2.75) is 51.5 Å². The van der Waals surface area contributed by atoms with E-state index in [1.54, 1.807) is 0 Å². The number of carbonyl (C=O) groups is 1. The molecule has 1 aliphatic rings. The molecule has 1 fully saturated rings. The summed E-state index contributed by atoms with van der Waals surface area (Å²) in [5, 5.41) is 0. The van der Waals surface area contributed by atoms with Gasteiger partial charge in [0, 0.05) is 18.8 Å². The van der Waals surface area contributed by atoms with Gasteiger partial charge in [-0.15, -0.1) is 0 Å². The Balaban J connectivity index is 1.98. The van der Waals surface area contributed by atoms with E-state index in [0.29, 0.717) is 12.6 Å². The lowest BCUT2D eigenvalue weighted by Crippen LogP contribution is -2.42. The van der Waals surface area contributed by atoms with Gasteiger partial charge in [0.05, 0.1) is 6.54 Å². The number of nitrogens with zero attached hydrogens (tertiary/aromatic N) is 2. The second kappa shape index (κ2) is 7.60. The number of aryl methyl sites for hydroxylation is 1. The molecule has 0 N–H and O–H groups in total. The Labute approximate surface area is 128 Å². The quantitative estimate of drug-likeness (QED) is 0.828. The van der Waals surface area contributed by atoms with Gasteiger partial charge in [0.1, 0.15) is 0 Å². The molecule has 0 aromatic heterocycles. The summed E-state index contributed by atoms with van der Waals surface area (Å²) in [5.74, 6) is 0.184. The van der Waals surface area contributed by atoms with Crippen molar-refractivity contribution in [2.24, 2.45) is 0 Å². The highest BCUT2D eigenvalue weighted by Crippen LogP contribution is 2.23. The number of carbonyl (C=O) groups excluding carboxylic acids is 1. The number of rotatable bonds is 5. The number of benzene rings is 1. The Morgan fingerprint density at radius 2 is 1.81 bits per heavy atom. The van der Waals surface area contributed by atoms with E-state index in [0.717, 1.165) is 12.1 Å². The number of anilines is 1. The third-order valence-corrected chi connectivity index (χ3v) is 4.69. The van der Waals surface area contributed by atoms with E-state index in [4.69, 9.17) is 0 Å². The molecule has 0 unspecified atom stereocenters. The van der Waals surface area contributed by atoms with Crippen molar-refractivity contribution in [3.05, 3.63) is 29.8 Å². The van der Waals surface area contributed by atoms with Crippen LogP contribution in [0.1, 0.15) is 44.6 Å². The van der Waals surface area contributed by atoms with Gasteiger partial charge in [-0.2, -0.15) is 0 Å². The highest BCUT2D eigenvalue weighted by molar-refractivity contribution is 5.95. The fourth-order valence-electron chi connectivity index (χ4n) is 3.24. The lowest BCUT2D eigenvalue weighted by molar-refractivity contribution is -0.119. The standard InChI is InChI=1S/C18H28N2O/c1-4-15-10-8-9-13-17(15)20(3)18(21)14-19(2)16-11-6-5-7-12-16/h8-10,13,16H,4-7,11-12,14H2,1-3H3. The van der Waals surface area contributed by atoms with Gasteiger partial charge in [-0.25, -0.2) is 0 Å². The minimum atomic E-state index is 0.184. The van der Waals surface area contributed by atoms with E-state index < -0.39 is 0 Å². The Kier molecular flexibility index (Phi) is 5.80. The van der Waals surface area contributed by atoms with Crippen LogP contribution in [0.3, 0.4) is 0 Å². The third kappa shape index (κ3) is 4.07. The monoisotopic (exact) mass is 288 g/mol. The molecule has 2 rings (SSSR count). The van der Waals surface area contributed by atoms with Crippen LogP contribution in [0.15, 0.2) is 24.3 Å². The minimum absolute atomic E-state index is 0.184. The smallest absolute Gasteiger partial charge is 0.240 e. The van der Waals surface area contributed by atoms with Gasteiger partial charge in [0.25, 0.3) is 0 Å². The van der Waals surface area contributed by atoms with E-state index in [1.807, 2.05) is 30.1 Å². The molecule has 21 heavy (non-hydrogen) atoms. The third-order valence-electron chi connectivity index (χ3n) is 4.69. The van der Waals surface area contributed by atoms with Crippen molar-refractivity contribution >= 4 is 11.6 Å². The molecule has 0 aliphatic heterocycles. The normalized spacial score (nSPS) is 16.2. The van der Waals surface area contributed by atoms with Crippen molar-refractivity contribution in [1.29, 1.82) is 0 Å². The van der Waals surface area contributed by atoms with Gasteiger partial charge in [0.15, 0.2) is 0 Å². The second-order valence-corrected chi connectivity index (χ2v) is 6.14. The summed E-state index contributed by atoms with van der Waals surface area (Å²) in [6.45, 7) is 2.64. The highest BCUT2D eigenvalue weighted by atomic mass is 16.2. The largest absolute Gasteiger partial charge is 0.314 e. The predicted octanol–water partition coefficient (Wildman–Crippen LogP) is 3.48. The van der Waals surface area contributed by atoms with Crippen LogP contribution in [0.25, 0.3) is 0 Å². The van der Waals surface area contributed by atoms with Crippen molar-refractivity contribution < 1.29 is 4.79 Å². The SMILES string of the molecule is CCc1ccccc1N(C)C(=O)CN(C)C1CCCCC1. The first-order valence-corrected chi connectivity index (χ1v) is 8.18. The molecule has 1 amide bonds. The van der Waals surface area contributed by atoms with Crippen molar-refractivity contribution in [3.63, 3.8) is 0 Å². The predicted molar refractivity (Wildman–Crippen MR) is 88.7 cm³/mol. The zero-order valence-electron chi connectivity index (χ0n) is 13.6. The maximum absolute atomic E-state index is 12.5. The summed E-state index contributed by atoms with van der Waals surface area (Å²) in [5.41, 5.74) is 2.27. The maximum Gasteiger partial charge on any atom is 0.240 e. The van der Waals surface area contributed by atoms with Crippen LogP contribution in [0.2, 0.25) is 0 Å². The van der Waals surface area contributed by atoms with Gasteiger partial charge >= 0.3 is 0 Å². The summed E-state index contributed by atoms with van der Waals surface area (Å²) < 4.78 is 0. The molecule has 0 atom stereocenters. The summed E-state index contributed by atoms with van der Waals surface area (Å²) in [6.07, 6.45) is 7.38. The van der Waals surface area contributed by atoms with E-state index in [2.05, 4.69) is 24.9 Å². The molecule has 1 aromatic carbocycles. The fraction of sp³-hybridized carbons (Fsp3) is 0.611. The van der Waals surface area contributed by atoms with Gasteiger partial charge in [-0.1, -0.05) is 44.4 Å². The number of likely N-dealkylation sites (N-methyl/N-ethyl adjacent to an activating group) is 2. The van der Waals surface area contributed by atoms with E-state index in [9.17, 15) is 4.79 Å². The summed E-state index contributed by atoms with van der Waals surface area (Å²) in [6, 6.07) is 8.76. The topological polar surface area (TPSA) is 23.6 Å². The first kappa shape index (κ1) is 16.0. The van der Waals surface area contributed by atoms with E-state index in [1.165, 1.54) is 37.7 Å². The lowest BCUT2D eigenvalue weighted by atomic mass is 9.94. The van der Waals surface area contributed by atoms with Crippen LogP contribution in [0.4, 0.5) is 5.69 Å². The van der Waals surface area contributed by atoms with Crippen LogP contribution in [0.5, 0.6) is 0 Å². The highest BCUT2D eigenvalue weighted by Gasteiger charge is 2.22. The average molecular weight is 288 g/mol. The lowest BCUT2D eigenvalue weighted by Gasteiger charge is -2.32. The average Bonchev–Trinajstić information content (AvgIpc) is 2.54. The molecule has 1 aliphatic carbocycles. The van der Waals surface area contributed by atoms with Crippen molar-refractivity contribution in [2.75, 3.05) is 25.5 Å². The van der Waals surface area contributed by atoms with Crippen molar-refractivity contribution in [3.8, 4) is 0 Å². The van der Waals surface area contributed by atoms with Crippen LogP contribution in [-0.2, 0) is 11.2 Å². The van der Waals surface area contributed by atoms with Crippen LogP contribution in [0, 0.1) is 0 Å². The molecule has 1 saturated carbocycles. The van der Waals surface area contributed by atoms with Gasteiger partial charge in [0.2, 0.25) is 5.91 Å². The molecule has 0 heterocycles. The Morgan fingerprint density at radius 1 is 1.14 bits per heavy atom. The van der Waals surface area contributed by atoms with Crippen LogP contribution >= 0.6 is 0 Å². The first-order chi connectivity index (χ1) is 10.1. The first-order valence-electron chi connectivity index (χ1n) is 8.18. The van der Waals surface area contributed by atoms with Crippen molar-refractivity contribution in [1.82, 2.24) is 4.90 Å². The summed E-state index contributed by atoms with van der Waals surface area (Å²) in [4.78, 5) is 16.6. The number of hydrogen-bond acceptors (Lipinski definition) is 2. The molecule has 0 radical (unpaired) electrons. The summed E-state index contributed by atoms with van der Waals surface area (Å²) in [7, 11) is 3.99. The number of hydrogen-bond donors (Lipinski definition) is 0. The zero-order valence-corrected chi connectivity index (χ0v) is 13.6. The molecule has 0 spiro atoms. The van der Waals surface area contributed by atoms with Gasteiger partial charge in [-0.05, 0) is 37.9 Å².